The molecule has 0 atom stereocenters. The van der Waals surface area contributed by atoms with Crippen LogP contribution in [0.1, 0.15) is 12.1 Å². The van der Waals surface area contributed by atoms with Crippen LogP contribution in [-0.4, -0.2) is 20.7 Å². The number of fused-ring (bicyclic) bond motifs is 1. The zero-order valence-electron chi connectivity index (χ0n) is 14.1. The Bertz CT molecular complexity index is 1240. The molecular formula is C17H8BrF4N5O2. The fourth-order valence-electron chi connectivity index (χ4n) is 2.49. The third-order valence-electron chi connectivity index (χ3n) is 3.76. The van der Waals surface area contributed by atoms with Gasteiger partial charge in [-0.15, -0.1) is 0 Å². The molecule has 1 amide bonds. The molecule has 1 N–H and O–H groups in total. The van der Waals surface area contributed by atoms with Gasteiger partial charge in [-0.3, -0.25) is 9.59 Å². The Morgan fingerprint density at radius 1 is 1.34 bits per heavy atom. The summed E-state index contributed by atoms with van der Waals surface area (Å²) in [6.07, 6.45) is -2.21. The fraction of sp³-hybridized carbons (Fsp3) is 0.118. The molecule has 7 nitrogen and oxygen atoms in total. The normalized spacial score (nSPS) is 10.9. The van der Waals surface area contributed by atoms with Crippen molar-refractivity contribution < 1.29 is 22.4 Å². The van der Waals surface area contributed by atoms with Gasteiger partial charge in [-0.1, -0.05) is 0 Å². The fourth-order valence-corrected chi connectivity index (χ4v) is 2.82. The van der Waals surface area contributed by atoms with Crippen molar-refractivity contribution in [3.05, 3.63) is 68.0 Å². The second kappa shape index (κ2) is 7.96. The number of amides is 1. The number of hydrogen-bond acceptors (Lipinski definition) is 4. The maximum atomic E-state index is 14.3. The van der Waals surface area contributed by atoms with Crippen LogP contribution in [0.5, 0.6) is 0 Å². The largest absolute Gasteiger partial charge is 0.307 e. The summed E-state index contributed by atoms with van der Waals surface area (Å²) in [5, 5.41) is 4.42. The van der Waals surface area contributed by atoms with Gasteiger partial charge in [-0.25, -0.2) is 32.1 Å². The van der Waals surface area contributed by atoms with Crippen LogP contribution < -0.4 is 10.9 Å². The molecule has 12 heteroatoms. The van der Waals surface area contributed by atoms with Crippen molar-refractivity contribution in [2.45, 2.75) is 13.0 Å². The first kappa shape index (κ1) is 20.4. The highest BCUT2D eigenvalue weighted by Gasteiger charge is 2.23. The third kappa shape index (κ3) is 3.95. The molecule has 2 aromatic heterocycles. The molecule has 0 aliphatic rings. The molecule has 0 aliphatic heterocycles. The van der Waals surface area contributed by atoms with Gasteiger partial charge in [0.25, 0.3) is 12.0 Å². The second-order valence-corrected chi connectivity index (χ2v) is 6.47. The van der Waals surface area contributed by atoms with E-state index in [9.17, 15) is 27.2 Å². The number of benzene rings is 1. The molecular weight excluding hydrogens is 462 g/mol. The van der Waals surface area contributed by atoms with E-state index in [0.717, 1.165) is 24.4 Å². The van der Waals surface area contributed by atoms with E-state index >= 15 is 0 Å². The minimum Gasteiger partial charge on any atom is -0.307 e. The Morgan fingerprint density at radius 3 is 2.69 bits per heavy atom. The monoisotopic (exact) mass is 469 g/mol. The van der Waals surface area contributed by atoms with Gasteiger partial charge in [0, 0.05) is 6.20 Å². The number of hydrogen-bond donors (Lipinski definition) is 1. The van der Waals surface area contributed by atoms with Crippen molar-refractivity contribution in [3.63, 3.8) is 0 Å². The van der Waals surface area contributed by atoms with E-state index in [1.54, 1.807) is 0 Å². The van der Waals surface area contributed by atoms with Crippen molar-refractivity contribution in [1.82, 2.24) is 14.8 Å². The summed E-state index contributed by atoms with van der Waals surface area (Å²) < 4.78 is 55.2. The summed E-state index contributed by atoms with van der Waals surface area (Å²) >= 11 is 2.86. The van der Waals surface area contributed by atoms with Crippen LogP contribution in [0.15, 0.2) is 33.7 Å². The number of carbonyl (C=O) groups is 1. The van der Waals surface area contributed by atoms with Gasteiger partial charge in [0.05, 0.1) is 21.8 Å². The summed E-state index contributed by atoms with van der Waals surface area (Å²) in [4.78, 5) is 31.1. The van der Waals surface area contributed by atoms with E-state index in [1.807, 2.05) is 0 Å². The summed E-state index contributed by atoms with van der Waals surface area (Å²) in [5.74, 6) is -3.57. The molecule has 29 heavy (non-hydrogen) atoms. The number of halogens is 5. The van der Waals surface area contributed by atoms with Crippen LogP contribution in [0, 0.1) is 18.2 Å². The number of anilines is 1. The van der Waals surface area contributed by atoms with Crippen LogP contribution in [0.3, 0.4) is 0 Å². The summed E-state index contributed by atoms with van der Waals surface area (Å²) in [6.45, 7) is 5.92. The summed E-state index contributed by atoms with van der Waals surface area (Å²) in [7, 11) is 0. The Balaban J connectivity index is 1.99. The van der Waals surface area contributed by atoms with E-state index in [1.165, 1.54) is 0 Å². The van der Waals surface area contributed by atoms with Crippen LogP contribution in [0.25, 0.3) is 15.6 Å². The smallest absolute Gasteiger partial charge is 0.282 e. The number of nitrogens with one attached hydrogen (secondary N) is 1. The van der Waals surface area contributed by atoms with Gasteiger partial charge in [-0.2, -0.15) is 5.10 Å². The lowest BCUT2D eigenvalue weighted by atomic mass is 10.1. The van der Waals surface area contributed by atoms with E-state index < -0.39 is 58.4 Å². The van der Waals surface area contributed by atoms with E-state index in [4.69, 9.17) is 6.57 Å². The molecule has 0 radical (unpaired) electrons. The Hall–Kier alpha value is -3.33. The van der Waals surface area contributed by atoms with Gasteiger partial charge in [0.2, 0.25) is 11.6 Å². The highest BCUT2D eigenvalue weighted by Crippen LogP contribution is 2.30. The van der Waals surface area contributed by atoms with Gasteiger partial charge < -0.3 is 5.32 Å². The Kier molecular flexibility index (Phi) is 5.60. The van der Waals surface area contributed by atoms with Crippen LogP contribution in [0.2, 0.25) is 0 Å². The minimum absolute atomic E-state index is 0.0947. The lowest BCUT2D eigenvalue weighted by molar-refractivity contribution is -0.117. The maximum absolute atomic E-state index is 14.3. The molecule has 148 valence electrons. The van der Waals surface area contributed by atoms with E-state index in [0.29, 0.717) is 4.68 Å². The standard InChI is InChI=1S/C17H8BrF4N5O2/c1-23-7-4-10(19)16(24-5-7)25-11(28)6-27-17(29)8-2-3-9(18)13(20)12(8)14(26-27)15(21)22/h2-5,15H,6H2,(H,24,25,28). The van der Waals surface area contributed by atoms with Gasteiger partial charge >= 0.3 is 0 Å². The third-order valence-corrected chi connectivity index (χ3v) is 4.37. The number of rotatable bonds is 4. The average molecular weight is 470 g/mol. The topological polar surface area (TPSA) is 81.2 Å². The molecule has 0 aliphatic carbocycles. The minimum atomic E-state index is -3.23. The summed E-state index contributed by atoms with van der Waals surface area (Å²) in [5.41, 5.74) is -2.10. The predicted molar refractivity (Wildman–Crippen MR) is 97.7 cm³/mol. The van der Waals surface area contributed by atoms with Gasteiger partial charge in [-0.05, 0) is 34.1 Å². The molecule has 3 rings (SSSR count). The number of pyridine rings is 1. The molecule has 0 unspecified atom stereocenters. The molecule has 1 aromatic carbocycles. The lowest BCUT2D eigenvalue weighted by Gasteiger charge is -2.12. The number of carbonyl (C=O) groups excluding carboxylic acids is 1. The molecule has 3 aromatic rings. The van der Waals surface area contributed by atoms with Gasteiger partial charge in [0.1, 0.15) is 18.1 Å². The Labute approximate surface area is 167 Å². The lowest BCUT2D eigenvalue weighted by Crippen LogP contribution is -2.31. The van der Waals surface area contributed by atoms with Crippen LogP contribution in [-0.2, 0) is 11.3 Å². The quantitative estimate of drug-likeness (QED) is 0.463. The number of alkyl halides is 2. The molecule has 0 spiro atoms. The molecule has 0 saturated heterocycles. The molecule has 2 heterocycles. The highest BCUT2D eigenvalue weighted by atomic mass is 79.9. The first-order valence-corrected chi connectivity index (χ1v) is 8.52. The average Bonchev–Trinajstić information content (AvgIpc) is 2.68. The first-order valence-electron chi connectivity index (χ1n) is 7.72. The predicted octanol–water partition coefficient (Wildman–Crippen LogP) is 3.96. The number of aromatic nitrogens is 3. The van der Waals surface area contributed by atoms with E-state index in [2.05, 4.69) is 36.2 Å². The zero-order chi connectivity index (χ0) is 21.3. The molecule has 0 fully saturated rings. The first-order chi connectivity index (χ1) is 13.7. The van der Waals surface area contributed by atoms with Crippen molar-refractivity contribution >= 4 is 44.1 Å². The molecule has 0 saturated carbocycles. The summed E-state index contributed by atoms with van der Waals surface area (Å²) in [6, 6.07) is 3.12. The SMILES string of the molecule is [C-]#[N+]c1cnc(NC(=O)Cn2nc(C(F)F)c3c(F)c(Br)ccc3c2=O)c(F)c1. The zero-order valence-corrected chi connectivity index (χ0v) is 15.7. The van der Waals surface area contributed by atoms with Gasteiger partial charge in [0.15, 0.2) is 11.6 Å². The van der Waals surface area contributed by atoms with Crippen molar-refractivity contribution in [2.24, 2.45) is 0 Å². The second-order valence-electron chi connectivity index (χ2n) is 5.62. The van der Waals surface area contributed by atoms with Crippen molar-refractivity contribution in [3.8, 4) is 0 Å². The Morgan fingerprint density at radius 2 is 2.07 bits per heavy atom. The number of nitrogens with zero attached hydrogens (tertiary/aromatic N) is 4. The van der Waals surface area contributed by atoms with Crippen molar-refractivity contribution in [1.29, 1.82) is 0 Å². The highest BCUT2D eigenvalue weighted by molar-refractivity contribution is 9.10. The molecule has 0 bridgehead atoms. The van der Waals surface area contributed by atoms with E-state index in [-0.39, 0.29) is 10.2 Å². The van der Waals surface area contributed by atoms with Crippen molar-refractivity contribution in [2.75, 3.05) is 5.32 Å². The van der Waals surface area contributed by atoms with Crippen LogP contribution >= 0.6 is 15.9 Å². The maximum Gasteiger partial charge on any atom is 0.282 e. The van der Waals surface area contributed by atoms with Crippen LogP contribution in [0.4, 0.5) is 29.1 Å².